The van der Waals surface area contributed by atoms with Crippen molar-refractivity contribution in [1.82, 2.24) is 9.88 Å². The molecule has 1 saturated heterocycles. The van der Waals surface area contributed by atoms with Crippen molar-refractivity contribution in [3.63, 3.8) is 0 Å². The van der Waals surface area contributed by atoms with Crippen molar-refractivity contribution in [2.24, 2.45) is 0 Å². The second-order valence-corrected chi connectivity index (χ2v) is 8.12. The Labute approximate surface area is 156 Å². The van der Waals surface area contributed by atoms with Crippen molar-refractivity contribution >= 4 is 46.3 Å². The van der Waals surface area contributed by atoms with Crippen LogP contribution >= 0.6 is 24.0 Å². The van der Waals surface area contributed by atoms with E-state index in [-0.39, 0.29) is 17.9 Å². The lowest BCUT2D eigenvalue weighted by Crippen LogP contribution is -2.29. The van der Waals surface area contributed by atoms with Gasteiger partial charge in [0.15, 0.2) is 0 Å². The summed E-state index contributed by atoms with van der Waals surface area (Å²) in [6, 6.07) is 5.36. The largest absolute Gasteiger partial charge is 0.481 e. The molecule has 1 N–H and O–H groups in total. The molecule has 134 valence electrons. The lowest BCUT2D eigenvalue weighted by atomic mass is 10.2. The molecule has 6 nitrogen and oxygen atoms in total. The van der Waals surface area contributed by atoms with Crippen LogP contribution in [-0.2, 0) is 9.59 Å². The Balaban J connectivity index is 2.11. The third-order valence-corrected chi connectivity index (χ3v) is 4.46. The summed E-state index contributed by atoms with van der Waals surface area (Å²) < 4.78 is 6.16. The zero-order valence-corrected chi connectivity index (χ0v) is 15.9. The first-order valence-electron chi connectivity index (χ1n) is 7.79. The average molecular weight is 380 g/mol. The predicted molar refractivity (Wildman–Crippen MR) is 101 cm³/mol. The molecule has 0 atom stereocenters. The summed E-state index contributed by atoms with van der Waals surface area (Å²) in [4.78, 5) is 29.3. The fraction of sp³-hybridized carbons (Fsp3) is 0.412. The lowest BCUT2D eigenvalue weighted by molar-refractivity contribution is -0.137. The fourth-order valence-corrected chi connectivity index (χ4v) is 3.39. The number of rotatable bonds is 6. The molecule has 2 heterocycles. The number of amides is 1. The van der Waals surface area contributed by atoms with Crippen molar-refractivity contribution in [3.05, 3.63) is 28.8 Å². The van der Waals surface area contributed by atoms with E-state index in [1.807, 2.05) is 26.8 Å². The highest BCUT2D eigenvalue weighted by molar-refractivity contribution is 8.26. The van der Waals surface area contributed by atoms with Gasteiger partial charge in [-0.1, -0.05) is 30.0 Å². The Bertz CT molecular complexity index is 726. The molecule has 1 aromatic rings. The first-order valence-corrected chi connectivity index (χ1v) is 9.01. The van der Waals surface area contributed by atoms with Crippen LogP contribution in [0.1, 0.15) is 39.3 Å². The minimum atomic E-state index is -0.888. The van der Waals surface area contributed by atoms with Crippen LogP contribution in [-0.4, -0.2) is 43.3 Å². The maximum absolute atomic E-state index is 12.5. The lowest BCUT2D eigenvalue weighted by Gasteiger charge is -2.20. The van der Waals surface area contributed by atoms with E-state index in [0.717, 1.165) is 0 Å². The third-order valence-electron chi connectivity index (χ3n) is 3.08. The van der Waals surface area contributed by atoms with Gasteiger partial charge in [-0.15, -0.1) is 0 Å². The SMILES string of the molecule is CC(C)(C)Oc1cccc(/C=C2\SC(=S)N(CCCC(=O)O)C2=O)n1. The molecule has 1 fully saturated rings. The Morgan fingerprint density at radius 1 is 1.44 bits per heavy atom. The summed E-state index contributed by atoms with van der Waals surface area (Å²) in [5.41, 5.74) is 0.243. The van der Waals surface area contributed by atoms with Crippen LogP contribution < -0.4 is 4.74 Å². The monoisotopic (exact) mass is 380 g/mol. The number of pyridine rings is 1. The molecule has 0 saturated carbocycles. The molecular formula is C17H20N2O4S2. The second kappa shape index (κ2) is 7.97. The Morgan fingerprint density at radius 3 is 2.80 bits per heavy atom. The van der Waals surface area contributed by atoms with E-state index in [4.69, 9.17) is 22.1 Å². The predicted octanol–water partition coefficient (Wildman–Crippen LogP) is 3.32. The van der Waals surface area contributed by atoms with E-state index in [0.29, 0.717) is 33.8 Å². The molecule has 1 aliphatic heterocycles. The molecule has 2 rings (SSSR count). The number of carboxylic acid groups (broad SMARTS) is 1. The zero-order valence-electron chi connectivity index (χ0n) is 14.3. The van der Waals surface area contributed by atoms with E-state index >= 15 is 0 Å². The highest BCUT2D eigenvalue weighted by Gasteiger charge is 2.31. The molecular weight excluding hydrogens is 360 g/mol. The fourth-order valence-electron chi connectivity index (χ4n) is 2.10. The molecule has 0 unspecified atom stereocenters. The number of nitrogens with zero attached hydrogens (tertiary/aromatic N) is 2. The standard InChI is InChI=1S/C17H20N2O4S2/c1-17(2,3)23-13-7-4-6-11(18-13)10-12-15(22)19(16(24)25-12)9-5-8-14(20)21/h4,6-7,10H,5,8-9H2,1-3H3,(H,20,21)/b12-10-. The van der Waals surface area contributed by atoms with Gasteiger partial charge in [-0.3, -0.25) is 14.5 Å². The maximum atomic E-state index is 12.5. The minimum absolute atomic E-state index is 0.00382. The van der Waals surface area contributed by atoms with Gasteiger partial charge >= 0.3 is 5.97 Å². The number of thioether (sulfide) groups is 1. The first kappa shape index (κ1) is 19.4. The zero-order chi connectivity index (χ0) is 18.6. The number of aromatic nitrogens is 1. The van der Waals surface area contributed by atoms with Crippen LogP contribution in [0.15, 0.2) is 23.1 Å². The molecule has 0 aliphatic carbocycles. The van der Waals surface area contributed by atoms with Crippen LogP contribution in [0.3, 0.4) is 0 Å². The van der Waals surface area contributed by atoms with E-state index < -0.39 is 5.97 Å². The maximum Gasteiger partial charge on any atom is 0.303 e. The van der Waals surface area contributed by atoms with Gasteiger partial charge in [-0.2, -0.15) is 0 Å². The molecule has 8 heteroatoms. The van der Waals surface area contributed by atoms with Crippen molar-refractivity contribution in [1.29, 1.82) is 0 Å². The highest BCUT2D eigenvalue weighted by Crippen LogP contribution is 2.32. The van der Waals surface area contributed by atoms with Gasteiger partial charge in [0.25, 0.3) is 5.91 Å². The van der Waals surface area contributed by atoms with Gasteiger partial charge in [-0.25, -0.2) is 4.98 Å². The number of carbonyl (C=O) groups is 2. The number of thiocarbonyl (C=S) groups is 1. The van der Waals surface area contributed by atoms with Crippen molar-refractivity contribution in [3.8, 4) is 5.88 Å². The number of aliphatic carboxylic acids is 1. The summed E-state index contributed by atoms with van der Waals surface area (Å²) in [6.07, 6.45) is 2.04. The first-order chi connectivity index (χ1) is 11.7. The molecule has 0 spiro atoms. The van der Waals surface area contributed by atoms with E-state index in [1.54, 1.807) is 18.2 Å². The molecule has 1 aliphatic rings. The molecule has 25 heavy (non-hydrogen) atoms. The molecule has 1 amide bonds. The molecule has 0 aromatic carbocycles. The molecule has 1 aromatic heterocycles. The molecule has 0 radical (unpaired) electrons. The average Bonchev–Trinajstić information content (AvgIpc) is 2.73. The highest BCUT2D eigenvalue weighted by atomic mass is 32.2. The third kappa shape index (κ3) is 5.82. The summed E-state index contributed by atoms with van der Waals surface area (Å²) in [7, 11) is 0. The van der Waals surface area contributed by atoms with Crippen molar-refractivity contribution < 1.29 is 19.4 Å². The summed E-state index contributed by atoms with van der Waals surface area (Å²) in [5, 5.41) is 8.70. The van der Waals surface area contributed by atoms with Gasteiger partial charge in [0, 0.05) is 19.0 Å². The topological polar surface area (TPSA) is 79.7 Å². The molecule has 0 bridgehead atoms. The quantitative estimate of drug-likeness (QED) is 0.599. The summed E-state index contributed by atoms with van der Waals surface area (Å²) in [6.45, 7) is 6.10. The van der Waals surface area contributed by atoms with Crippen LogP contribution in [0.2, 0.25) is 0 Å². The van der Waals surface area contributed by atoms with Gasteiger partial charge in [0.05, 0.1) is 10.6 Å². The Kier molecular flexibility index (Phi) is 6.18. The van der Waals surface area contributed by atoms with Crippen molar-refractivity contribution in [2.75, 3.05) is 6.54 Å². The van der Waals surface area contributed by atoms with Gasteiger partial charge in [0.2, 0.25) is 5.88 Å². The second-order valence-electron chi connectivity index (χ2n) is 6.45. The van der Waals surface area contributed by atoms with Crippen LogP contribution in [0.4, 0.5) is 0 Å². The van der Waals surface area contributed by atoms with Crippen LogP contribution in [0.25, 0.3) is 6.08 Å². The number of carboxylic acids is 1. The van der Waals surface area contributed by atoms with E-state index in [2.05, 4.69) is 4.98 Å². The van der Waals surface area contributed by atoms with Gasteiger partial charge in [-0.05, 0) is 39.3 Å². The van der Waals surface area contributed by atoms with Crippen LogP contribution in [0, 0.1) is 0 Å². The Hall–Kier alpha value is -1.93. The van der Waals surface area contributed by atoms with Crippen LogP contribution in [0.5, 0.6) is 5.88 Å². The number of carbonyl (C=O) groups excluding carboxylic acids is 1. The normalized spacial score (nSPS) is 16.6. The number of hydrogen-bond donors (Lipinski definition) is 1. The van der Waals surface area contributed by atoms with Gasteiger partial charge < -0.3 is 9.84 Å². The number of hydrogen-bond acceptors (Lipinski definition) is 6. The van der Waals surface area contributed by atoms with Crippen molar-refractivity contribution in [2.45, 2.75) is 39.2 Å². The minimum Gasteiger partial charge on any atom is -0.481 e. The van der Waals surface area contributed by atoms with Gasteiger partial charge in [0.1, 0.15) is 9.92 Å². The smallest absolute Gasteiger partial charge is 0.303 e. The van der Waals surface area contributed by atoms with E-state index in [9.17, 15) is 9.59 Å². The summed E-state index contributed by atoms with van der Waals surface area (Å²) in [5.74, 6) is -0.622. The number of ether oxygens (including phenoxy) is 1. The summed E-state index contributed by atoms with van der Waals surface area (Å²) >= 11 is 6.42. The Morgan fingerprint density at radius 2 is 2.16 bits per heavy atom. The van der Waals surface area contributed by atoms with E-state index in [1.165, 1.54) is 16.7 Å².